The van der Waals surface area contributed by atoms with E-state index in [-0.39, 0.29) is 24.8 Å². The summed E-state index contributed by atoms with van der Waals surface area (Å²) in [5, 5.41) is 16.6. The van der Waals surface area contributed by atoms with E-state index in [1.165, 1.54) is 44.9 Å². The van der Waals surface area contributed by atoms with Gasteiger partial charge >= 0.3 is 0 Å². The molecular formula is C28H45Cl2N3O3. The molecule has 1 N–H and O–H groups in total. The normalized spacial score (nSPS) is 20.8. The Kier molecular flexibility index (Phi) is 10.8. The van der Waals surface area contributed by atoms with E-state index in [2.05, 4.69) is 41.2 Å². The van der Waals surface area contributed by atoms with Crippen molar-refractivity contribution in [2.45, 2.75) is 82.8 Å². The largest absolute Gasteiger partial charge is 0.493 e. The summed E-state index contributed by atoms with van der Waals surface area (Å²) in [6.45, 7) is 4.69. The lowest BCUT2D eigenvalue weighted by molar-refractivity contribution is -0.0328. The predicted molar refractivity (Wildman–Crippen MR) is 150 cm³/mol. The van der Waals surface area contributed by atoms with Crippen molar-refractivity contribution in [2.24, 2.45) is 11.8 Å². The summed E-state index contributed by atoms with van der Waals surface area (Å²) in [7, 11) is 4.17. The van der Waals surface area contributed by atoms with Crippen LogP contribution < -0.4 is 4.74 Å². The van der Waals surface area contributed by atoms with Gasteiger partial charge in [0, 0.05) is 18.5 Å². The number of hydrogen-bond acceptors (Lipinski definition) is 6. The summed E-state index contributed by atoms with van der Waals surface area (Å²) in [5.41, 5.74) is 2.67. The van der Waals surface area contributed by atoms with Gasteiger partial charge in [-0.2, -0.15) is 0 Å². The lowest BCUT2D eigenvalue weighted by Crippen LogP contribution is -2.47. The first-order chi connectivity index (χ1) is 16.5. The standard InChI is InChI=1S/C28H43N3O3.2ClH/c1-30(2)18-24-26(33-19-22-6-7-22)11-9-23-25(29-34-27(23)24)10-8-21-12-16-31(17-13-21)20-28(32)14-4-3-5-15-28;;/h9,11,21-22,32H,3-8,10,12-20H2,1-2H3;2*1H. The zero-order valence-electron chi connectivity index (χ0n) is 22.0. The van der Waals surface area contributed by atoms with Gasteiger partial charge in [0.1, 0.15) is 5.75 Å². The smallest absolute Gasteiger partial charge is 0.175 e. The molecule has 0 bridgehead atoms. The molecule has 1 aromatic heterocycles. The van der Waals surface area contributed by atoms with Gasteiger partial charge in [0.05, 0.1) is 23.5 Å². The highest BCUT2D eigenvalue weighted by molar-refractivity contribution is 5.86. The predicted octanol–water partition coefficient (Wildman–Crippen LogP) is 5.86. The van der Waals surface area contributed by atoms with Crippen LogP contribution in [0.5, 0.6) is 5.75 Å². The first-order valence-electron chi connectivity index (χ1n) is 13.6. The molecule has 0 amide bonds. The third kappa shape index (κ3) is 7.50. The summed E-state index contributed by atoms with van der Waals surface area (Å²) >= 11 is 0. The Morgan fingerprint density at radius 1 is 1.06 bits per heavy atom. The average Bonchev–Trinajstić information content (AvgIpc) is 3.56. The number of rotatable bonds is 10. The molecule has 0 spiro atoms. The molecule has 1 aliphatic heterocycles. The van der Waals surface area contributed by atoms with E-state index in [0.29, 0.717) is 0 Å². The summed E-state index contributed by atoms with van der Waals surface area (Å²) in [6.07, 6.45) is 12.7. The van der Waals surface area contributed by atoms with E-state index in [9.17, 15) is 5.11 Å². The van der Waals surface area contributed by atoms with Crippen molar-refractivity contribution in [3.63, 3.8) is 0 Å². The molecule has 2 aromatic rings. The molecule has 2 saturated carbocycles. The molecule has 3 aliphatic rings. The number of ether oxygens (including phenoxy) is 1. The number of hydrogen-bond donors (Lipinski definition) is 1. The first kappa shape index (κ1) is 29.5. The molecule has 2 heterocycles. The maximum atomic E-state index is 10.9. The summed E-state index contributed by atoms with van der Waals surface area (Å²) in [4.78, 5) is 4.67. The van der Waals surface area contributed by atoms with Crippen LogP contribution in [-0.4, -0.2) is 66.0 Å². The molecule has 204 valence electrons. The fourth-order valence-electron chi connectivity index (χ4n) is 5.92. The molecule has 2 aliphatic carbocycles. The molecule has 0 atom stereocenters. The first-order valence-corrected chi connectivity index (χ1v) is 13.6. The monoisotopic (exact) mass is 541 g/mol. The van der Waals surface area contributed by atoms with Gasteiger partial charge in [0.15, 0.2) is 5.58 Å². The Labute approximate surface area is 228 Å². The fourth-order valence-corrected chi connectivity index (χ4v) is 5.92. The van der Waals surface area contributed by atoms with E-state index >= 15 is 0 Å². The third-order valence-corrected chi connectivity index (χ3v) is 8.22. The molecule has 0 radical (unpaired) electrons. The van der Waals surface area contributed by atoms with Crippen molar-refractivity contribution in [1.82, 2.24) is 15.0 Å². The zero-order valence-corrected chi connectivity index (χ0v) is 23.7. The van der Waals surface area contributed by atoms with Crippen molar-refractivity contribution in [3.05, 3.63) is 23.4 Å². The van der Waals surface area contributed by atoms with Crippen LogP contribution in [0.1, 0.15) is 75.5 Å². The molecular weight excluding hydrogens is 497 g/mol. The summed E-state index contributed by atoms with van der Waals surface area (Å²) in [5.74, 6) is 2.40. The van der Waals surface area contributed by atoms with Crippen LogP contribution in [0.25, 0.3) is 11.0 Å². The van der Waals surface area contributed by atoms with Crippen LogP contribution in [-0.2, 0) is 13.0 Å². The molecule has 1 aromatic carbocycles. The van der Waals surface area contributed by atoms with Crippen molar-refractivity contribution < 1.29 is 14.4 Å². The van der Waals surface area contributed by atoms with Gasteiger partial charge < -0.3 is 24.2 Å². The lowest BCUT2D eigenvalue weighted by atomic mass is 9.83. The van der Waals surface area contributed by atoms with Gasteiger partial charge in [-0.3, -0.25) is 0 Å². The second-order valence-corrected chi connectivity index (χ2v) is 11.6. The Morgan fingerprint density at radius 2 is 1.78 bits per heavy atom. The van der Waals surface area contributed by atoms with Crippen molar-refractivity contribution in [1.29, 1.82) is 0 Å². The van der Waals surface area contributed by atoms with E-state index < -0.39 is 5.60 Å². The lowest BCUT2D eigenvalue weighted by Gasteiger charge is -2.40. The van der Waals surface area contributed by atoms with Crippen molar-refractivity contribution in [3.8, 4) is 5.75 Å². The van der Waals surface area contributed by atoms with E-state index in [0.717, 1.165) is 98.3 Å². The van der Waals surface area contributed by atoms with Gasteiger partial charge in [-0.05, 0) is 103 Å². The van der Waals surface area contributed by atoms with Gasteiger partial charge in [-0.15, -0.1) is 24.8 Å². The fraction of sp³-hybridized carbons (Fsp3) is 0.750. The number of piperidine rings is 1. The van der Waals surface area contributed by atoms with E-state index in [1.807, 2.05) is 0 Å². The van der Waals surface area contributed by atoms with Crippen LogP contribution in [0.3, 0.4) is 0 Å². The van der Waals surface area contributed by atoms with Crippen LogP contribution in [0.2, 0.25) is 0 Å². The summed E-state index contributed by atoms with van der Waals surface area (Å²) < 4.78 is 12.1. The van der Waals surface area contributed by atoms with Crippen molar-refractivity contribution >= 4 is 35.8 Å². The number of fused-ring (bicyclic) bond motifs is 1. The Balaban J connectivity index is 0.00000180. The van der Waals surface area contributed by atoms with Gasteiger partial charge in [-0.25, -0.2) is 0 Å². The number of β-amino-alcohol motifs (C(OH)–C–C–N with tert-alkyl or cyclic N) is 1. The summed E-state index contributed by atoms with van der Waals surface area (Å²) in [6, 6.07) is 4.27. The number of halogens is 2. The maximum Gasteiger partial charge on any atom is 0.175 e. The number of aliphatic hydroxyl groups is 1. The highest BCUT2D eigenvalue weighted by atomic mass is 35.5. The topological polar surface area (TPSA) is 62.0 Å². The minimum atomic E-state index is -0.434. The van der Waals surface area contributed by atoms with E-state index in [1.54, 1.807) is 0 Å². The number of aryl methyl sites for hydroxylation is 1. The highest BCUT2D eigenvalue weighted by Gasteiger charge is 2.32. The molecule has 6 nitrogen and oxygen atoms in total. The molecule has 1 saturated heterocycles. The van der Waals surface area contributed by atoms with E-state index in [4.69, 9.17) is 9.26 Å². The number of nitrogens with zero attached hydrogens (tertiary/aromatic N) is 3. The molecule has 8 heteroatoms. The third-order valence-electron chi connectivity index (χ3n) is 8.22. The number of likely N-dealkylation sites (tertiary alicyclic amines) is 1. The molecule has 36 heavy (non-hydrogen) atoms. The maximum absolute atomic E-state index is 10.9. The Hall–Kier alpha value is -1.05. The minimum absolute atomic E-state index is 0. The Morgan fingerprint density at radius 3 is 2.44 bits per heavy atom. The zero-order chi connectivity index (χ0) is 23.5. The van der Waals surface area contributed by atoms with Gasteiger partial charge in [-0.1, -0.05) is 24.4 Å². The highest BCUT2D eigenvalue weighted by Crippen LogP contribution is 2.35. The molecule has 0 unspecified atom stereocenters. The SMILES string of the molecule is CN(C)Cc1c(OCC2CC2)ccc2c(CCC3CCN(CC4(O)CCCCC4)CC3)noc12.Cl.Cl. The van der Waals surface area contributed by atoms with Crippen LogP contribution in [0, 0.1) is 11.8 Å². The number of benzene rings is 1. The minimum Gasteiger partial charge on any atom is -0.493 e. The quantitative estimate of drug-likeness (QED) is 0.406. The second kappa shape index (κ2) is 13.1. The van der Waals surface area contributed by atoms with Crippen molar-refractivity contribution in [2.75, 3.05) is 40.3 Å². The van der Waals surface area contributed by atoms with Gasteiger partial charge in [0.2, 0.25) is 0 Å². The van der Waals surface area contributed by atoms with Crippen LogP contribution in [0.4, 0.5) is 0 Å². The average molecular weight is 543 g/mol. The van der Waals surface area contributed by atoms with Gasteiger partial charge in [0.25, 0.3) is 0 Å². The number of aromatic nitrogens is 1. The molecule has 3 fully saturated rings. The molecule has 5 rings (SSSR count). The Bertz CT molecular complexity index is 949. The second-order valence-electron chi connectivity index (χ2n) is 11.6. The van der Waals surface area contributed by atoms with Crippen LogP contribution in [0.15, 0.2) is 16.7 Å². The van der Waals surface area contributed by atoms with Crippen LogP contribution >= 0.6 is 24.8 Å².